The molecule has 0 amide bonds. The fourth-order valence-electron chi connectivity index (χ4n) is 19.1. The molecular formula is C61H89N3O8. The van der Waals surface area contributed by atoms with Crippen LogP contribution >= 0.6 is 0 Å². The Balaban J connectivity index is 1.06. The number of fused-ring (bicyclic) bond motifs is 4. The number of aromatic hydroxyl groups is 1. The molecule has 396 valence electrons. The van der Waals surface area contributed by atoms with Crippen molar-refractivity contribution in [3.63, 3.8) is 0 Å². The van der Waals surface area contributed by atoms with E-state index in [9.17, 15) is 25.5 Å². The van der Waals surface area contributed by atoms with Gasteiger partial charge in [0.05, 0.1) is 17.3 Å². The SMILES string of the molecule is CNCc1cc(O)cc([C@H]2C[C@@]3(C)[C@H]4CCC5=C([C@@H](C[C@@H](O)[C@H]6O[C@]6(C)[C@@H]6CCC[C@H]6c6cccc(N)c6)[C@H]6CCC[C@H](CO)C6)C(=O)C[C@]5(C)[C@@]4(CCO)C[C@@H]4NC[C@](C)(O)CCCC[C@@](C)(C2=O)[C@H]43)c1. The first kappa shape index (κ1) is 52.3. The molecule has 8 aliphatic rings. The van der Waals surface area contributed by atoms with E-state index < -0.39 is 44.9 Å². The van der Waals surface area contributed by atoms with Gasteiger partial charge in [-0.05, 0) is 203 Å². The molecule has 2 saturated heterocycles. The highest BCUT2D eigenvalue weighted by Crippen LogP contribution is 2.76. The summed E-state index contributed by atoms with van der Waals surface area (Å²) in [5.41, 5.74) is 8.48. The quantitative estimate of drug-likeness (QED) is 0.0704. The molecule has 5 saturated carbocycles. The Morgan fingerprint density at radius 2 is 1.69 bits per heavy atom. The average Bonchev–Trinajstić information content (AvgIpc) is 3.63. The maximum Gasteiger partial charge on any atom is 0.160 e. The highest BCUT2D eigenvalue weighted by Gasteiger charge is 2.73. The second-order valence-electron chi connectivity index (χ2n) is 26.3. The molecule has 9 N–H and O–H groups in total. The number of aliphatic hydroxyl groups excluding tert-OH is 3. The summed E-state index contributed by atoms with van der Waals surface area (Å²) < 4.78 is 6.71. The minimum Gasteiger partial charge on any atom is -0.508 e. The van der Waals surface area contributed by atoms with Crippen molar-refractivity contribution in [3.8, 4) is 5.75 Å². The first-order chi connectivity index (χ1) is 34.3. The number of epoxide rings is 1. The van der Waals surface area contributed by atoms with Gasteiger partial charge in [0.15, 0.2) is 5.78 Å². The zero-order valence-corrected chi connectivity index (χ0v) is 44.5. The van der Waals surface area contributed by atoms with Crippen molar-refractivity contribution in [2.45, 2.75) is 198 Å². The first-order valence-corrected chi connectivity index (χ1v) is 28.4. The van der Waals surface area contributed by atoms with Gasteiger partial charge in [-0.1, -0.05) is 70.2 Å². The van der Waals surface area contributed by atoms with E-state index in [-0.39, 0.29) is 78.2 Å². The number of nitrogen functional groups attached to an aromatic ring is 1. The Kier molecular flexibility index (Phi) is 14.1. The van der Waals surface area contributed by atoms with E-state index in [0.717, 1.165) is 93.0 Å². The number of β-amino-alcohol motifs (C(OH)–C–C–N with tert-alkyl or cyclic N) is 1. The number of ketones is 2. The van der Waals surface area contributed by atoms with Crippen molar-refractivity contribution in [1.29, 1.82) is 0 Å². The summed E-state index contributed by atoms with van der Waals surface area (Å²) in [6, 6.07) is 13.8. The van der Waals surface area contributed by atoms with E-state index in [0.29, 0.717) is 64.0 Å². The van der Waals surface area contributed by atoms with Gasteiger partial charge in [-0.25, -0.2) is 0 Å². The molecule has 0 spiro atoms. The number of nitrogens with one attached hydrogen (secondary N) is 2. The molecule has 0 radical (unpaired) electrons. The molecule has 72 heavy (non-hydrogen) atoms. The second kappa shape index (κ2) is 19.4. The van der Waals surface area contributed by atoms with Gasteiger partial charge in [-0.15, -0.1) is 0 Å². The highest BCUT2D eigenvalue weighted by molar-refractivity contribution is 6.01. The average molecular weight is 992 g/mol. The van der Waals surface area contributed by atoms with Crippen LogP contribution in [0.3, 0.4) is 0 Å². The molecule has 11 heteroatoms. The Morgan fingerprint density at radius 1 is 0.917 bits per heavy atom. The monoisotopic (exact) mass is 992 g/mol. The highest BCUT2D eigenvalue weighted by atomic mass is 16.6. The molecule has 0 unspecified atom stereocenters. The number of ether oxygens (including phenoxy) is 1. The van der Waals surface area contributed by atoms with Crippen molar-refractivity contribution in [1.82, 2.24) is 10.6 Å². The fourth-order valence-corrected chi connectivity index (χ4v) is 19.1. The number of anilines is 1. The third-order valence-electron chi connectivity index (χ3n) is 22.1. The van der Waals surface area contributed by atoms with E-state index in [1.54, 1.807) is 12.1 Å². The largest absolute Gasteiger partial charge is 0.508 e. The van der Waals surface area contributed by atoms with E-state index in [1.807, 2.05) is 26.1 Å². The molecule has 2 aromatic rings. The second-order valence-corrected chi connectivity index (χ2v) is 26.3. The van der Waals surface area contributed by atoms with Gasteiger partial charge >= 0.3 is 0 Å². The Hall–Kier alpha value is -3.16. The van der Waals surface area contributed by atoms with E-state index in [4.69, 9.17) is 10.5 Å². The van der Waals surface area contributed by atoms with Crippen molar-refractivity contribution >= 4 is 17.3 Å². The summed E-state index contributed by atoms with van der Waals surface area (Å²) in [5, 5.41) is 64.9. The molecule has 0 bridgehead atoms. The number of allylic oxidation sites excluding steroid dienone is 2. The standard InChI is InChI=1S/C61H89N3O8/c1-56(71)20-7-8-21-57(2)53-48(64-35-56)31-61(22-23-65)51(58(53,3)30-45(54(57)70)40-25-37(33-63-6)26-42(67)28-40)19-18-47-52(50(69)32-59(47,61)4)44(38-13-9-12-36(24-38)34-66)29-49(68)55-60(5,72-55)46-17-11-16-43(46)39-14-10-15-41(62)27-39/h10,14-15,25-28,36,38,43-46,48-49,51,53,55,63-68,71H,7-9,11-13,16-24,29-35,62H2,1-6H3/t36-,38-,43-,44-,45+,46+,48-,49+,51+,53-,55+,56+,57+,58-,59-,60+,61-/m0/s1. The third kappa shape index (κ3) is 8.67. The van der Waals surface area contributed by atoms with Crippen LogP contribution < -0.4 is 16.4 Å². The number of Topliss-reactive ketones (excluding diaryl/α,β-unsaturated/α-hetero) is 2. The molecule has 10 rings (SSSR count). The van der Waals surface area contributed by atoms with E-state index in [2.05, 4.69) is 56.5 Å². The van der Waals surface area contributed by atoms with Gasteiger partial charge in [-0.2, -0.15) is 0 Å². The predicted molar refractivity (Wildman–Crippen MR) is 281 cm³/mol. The first-order valence-electron chi connectivity index (χ1n) is 28.4. The van der Waals surface area contributed by atoms with Gasteiger partial charge in [0, 0.05) is 61.2 Å². The lowest BCUT2D eigenvalue weighted by Crippen LogP contribution is -2.71. The van der Waals surface area contributed by atoms with Crippen LogP contribution in [0.15, 0.2) is 53.6 Å². The number of nitrogens with two attached hydrogens (primary N) is 1. The Labute approximate surface area is 429 Å². The molecule has 17 atom stereocenters. The maximum atomic E-state index is 15.6. The normalized spacial score (nSPS) is 42.9. The lowest BCUT2D eigenvalue weighted by atomic mass is 9.33. The molecule has 6 aliphatic carbocycles. The lowest BCUT2D eigenvalue weighted by molar-refractivity contribution is -0.208. The van der Waals surface area contributed by atoms with Crippen LogP contribution in [0.1, 0.15) is 179 Å². The maximum absolute atomic E-state index is 15.6. The van der Waals surface area contributed by atoms with Crippen molar-refractivity contribution in [2.75, 3.05) is 32.5 Å². The van der Waals surface area contributed by atoms with Crippen LogP contribution in [0.5, 0.6) is 5.75 Å². The van der Waals surface area contributed by atoms with Crippen molar-refractivity contribution in [2.24, 2.45) is 57.2 Å². The van der Waals surface area contributed by atoms with Gasteiger partial charge in [-0.3, -0.25) is 9.59 Å². The molecule has 7 fully saturated rings. The van der Waals surface area contributed by atoms with E-state index in [1.165, 1.54) is 11.1 Å². The Bertz CT molecular complexity index is 2400. The number of phenols is 1. The molecule has 2 heterocycles. The summed E-state index contributed by atoms with van der Waals surface area (Å²) in [6.45, 7) is 12.1. The number of carbonyl (C=O) groups is 2. The number of hydrogen-bond donors (Lipinski definition) is 8. The van der Waals surface area contributed by atoms with Crippen LogP contribution in [0.25, 0.3) is 0 Å². The fraction of sp³-hybridized carbons (Fsp3) is 0.738. The molecule has 0 aromatic heterocycles. The summed E-state index contributed by atoms with van der Waals surface area (Å²) in [7, 11) is 1.89. The van der Waals surface area contributed by atoms with Crippen LogP contribution in [-0.2, 0) is 20.9 Å². The predicted octanol–water partition coefficient (Wildman–Crippen LogP) is 9.03. The minimum atomic E-state index is -0.939. The number of hydrogen-bond acceptors (Lipinski definition) is 11. The van der Waals surface area contributed by atoms with Gasteiger partial charge in [0.2, 0.25) is 0 Å². The summed E-state index contributed by atoms with van der Waals surface area (Å²) >= 11 is 0. The summed E-state index contributed by atoms with van der Waals surface area (Å²) in [6.07, 6.45) is 12.8. The molecular weight excluding hydrogens is 903 g/mol. The van der Waals surface area contributed by atoms with Crippen LogP contribution in [-0.4, -0.2) is 93.4 Å². The lowest BCUT2D eigenvalue weighted by Gasteiger charge is -2.72. The molecule has 11 nitrogen and oxygen atoms in total. The summed E-state index contributed by atoms with van der Waals surface area (Å²) in [4.78, 5) is 31.2. The van der Waals surface area contributed by atoms with Gasteiger partial charge < -0.3 is 46.6 Å². The number of phenolic OH excluding ortho intramolecular Hbond substituents is 1. The van der Waals surface area contributed by atoms with Crippen LogP contribution in [0.4, 0.5) is 5.69 Å². The number of benzene rings is 2. The van der Waals surface area contributed by atoms with Crippen LogP contribution in [0, 0.1) is 57.2 Å². The van der Waals surface area contributed by atoms with Gasteiger partial charge in [0.1, 0.15) is 17.6 Å². The summed E-state index contributed by atoms with van der Waals surface area (Å²) in [5.74, 6) is 0.726. The molecule has 2 aliphatic heterocycles. The van der Waals surface area contributed by atoms with Gasteiger partial charge in [0.25, 0.3) is 0 Å². The van der Waals surface area contributed by atoms with Crippen molar-refractivity contribution < 1.29 is 39.9 Å². The molecule has 2 aromatic carbocycles. The number of aliphatic hydroxyl groups is 4. The zero-order chi connectivity index (χ0) is 51.2. The zero-order valence-electron chi connectivity index (χ0n) is 44.5. The topological polar surface area (TPSA) is 198 Å². The number of rotatable bonds is 13. The van der Waals surface area contributed by atoms with Crippen molar-refractivity contribution in [3.05, 3.63) is 70.3 Å². The third-order valence-corrected chi connectivity index (χ3v) is 22.1. The smallest absolute Gasteiger partial charge is 0.160 e. The Morgan fingerprint density at radius 3 is 2.44 bits per heavy atom. The van der Waals surface area contributed by atoms with E-state index >= 15 is 9.59 Å². The van der Waals surface area contributed by atoms with Crippen LogP contribution in [0.2, 0.25) is 0 Å². The number of carbonyl (C=O) groups excluding carboxylic acids is 2. The minimum absolute atomic E-state index is 0.0358.